The number of carbonyl (C=O) groups is 2. The summed E-state index contributed by atoms with van der Waals surface area (Å²) in [5.74, 6) is -0.198. The van der Waals surface area contributed by atoms with Crippen LogP contribution >= 0.6 is 0 Å². The van der Waals surface area contributed by atoms with Crippen molar-refractivity contribution < 1.29 is 9.59 Å². The van der Waals surface area contributed by atoms with E-state index in [4.69, 9.17) is 5.73 Å². The van der Waals surface area contributed by atoms with Gasteiger partial charge < -0.3 is 15.5 Å². The van der Waals surface area contributed by atoms with Crippen molar-refractivity contribution in [3.8, 4) is 0 Å². The van der Waals surface area contributed by atoms with E-state index < -0.39 is 0 Å². The van der Waals surface area contributed by atoms with Gasteiger partial charge in [0.2, 0.25) is 17.8 Å². The molecule has 2 N–H and O–H groups in total. The highest BCUT2D eigenvalue weighted by molar-refractivity contribution is 5.84. The van der Waals surface area contributed by atoms with Gasteiger partial charge in [0.15, 0.2) is 0 Å². The lowest BCUT2D eigenvalue weighted by Crippen LogP contribution is -2.41. The molecule has 0 bridgehead atoms. The zero-order chi connectivity index (χ0) is 13.7. The van der Waals surface area contributed by atoms with Crippen LogP contribution in [0.15, 0.2) is 6.33 Å². The summed E-state index contributed by atoms with van der Waals surface area (Å²) < 4.78 is 1.35. The SMILES string of the molecule is CCN(CC(=O)N(C)C)C(=O)Cn1cnc(N)n1. The molecule has 0 saturated carbocycles. The molecular weight excluding hydrogens is 236 g/mol. The molecule has 0 saturated heterocycles. The fraction of sp³-hybridized carbons (Fsp3) is 0.600. The van der Waals surface area contributed by atoms with Crippen LogP contribution in [0.1, 0.15) is 6.92 Å². The number of amides is 2. The molecule has 1 aromatic heterocycles. The fourth-order valence-electron chi connectivity index (χ4n) is 1.30. The Hall–Kier alpha value is -2.12. The van der Waals surface area contributed by atoms with Gasteiger partial charge in [0.25, 0.3) is 0 Å². The molecule has 0 aliphatic carbocycles. The molecule has 18 heavy (non-hydrogen) atoms. The normalized spacial score (nSPS) is 10.2. The number of hydrogen-bond acceptors (Lipinski definition) is 5. The fourth-order valence-corrected chi connectivity index (χ4v) is 1.30. The molecule has 0 atom stereocenters. The van der Waals surface area contributed by atoms with Crippen LogP contribution in [0.5, 0.6) is 0 Å². The molecule has 2 amide bonds. The summed E-state index contributed by atoms with van der Waals surface area (Å²) in [6.07, 6.45) is 1.38. The molecule has 1 aromatic rings. The van der Waals surface area contributed by atoms with E-state index in [1.54, 1.807) is 14.1 Å². The molecule has 100 valence electrons. The number of hydrogen-bond donors (Lipinski definition) is 1. The van der Waals surface area contributed by atoms with E-state index in [9.17, 15) is 9.59 Å². The van der Waals surface area contributed by atoms with Crippen molar-refractivity contribution in [2.45, 2.75) is 13.5 Å². The Morgan fingerprint density at radius 3 is 2.50 bits per heavy atom. The molecular formula is C10H18N6O2. The van der Waals surface area contributed by atoms with E-state index in [1.165, 1.54) is 20.8 Å². The first-order chi connectivity index (χ1) is 8.43. The third kappa shape index (κ3) is 3.72. The van der Waals surface area contributed by atoms with Gasteiger partial charge in [-0.15, -0.1) is 5.10 Å². The minimum Gasteiger partial charge on any atom is -0.367 e. The molecule has 1 heterocycles. The number of nitrogens with two attached hydrogens (primary N) is 1. The van der Waals surface area contributed by atoms with Crippen LogP contribution in [0.3, 0.4) is 0 Å². The van der Waals surface area contributed by atoms with E-state index in [2.05, 4.69) is 10.1 Å². The van der Waals surface area contributed by atoms with Crippen molar-refractivity contribution in [1.29, 1.82) is 0 Å². The predicted molar refractivity (Wildman–Crippen MR) is 65.4 cm³/mol. The summed E-state index contributed by atoms with van der Waals surface area (Å²) >= 11 is 0. The maximum atomic E-state index is 11.9. The topological polar surface area (TPSA) is 97.4 Å². The molecule has 1 rings (SSSR count). The molecule has 0 aliphatic heterocycles. The van der Waals surface area contributed by atoms with Gasteiger partial charge in [-0.05, 0) is 6.92 Å². The first-order valence-electron chi connectivity index (χ1n) is 5.57. The second-order valence-corrected chi connectivity index (χ2v) is 4.00. The zero-order valence-electron chi connectivity index (χ0n) is 10.8. The summed E-state index contributed by atoms with van der Waals surface area (Å²) in [6.45, 7) is 2.37. The molecule has 0 radical (unpaired) electrons. The Morgan fingerprint density at radius 2 is 2.06 bits per heavy atom. The van der Waals surface area contributed by atoms with Gasteiger partial charge in [-0.25, -0.2) is 9.67 Å². The summed E-state index contributed by atoms with van der Waals surface area (Å²) in [7, 11) is 3.30. The lowest BCUT2D eigenvalue weighted by atomic mass is 10.4. The Labute approximate surface area is 105 Å². The van der Waals surface area contributed by atoms with Crippen LogP contribution in [-0.2, 0) is 16.1 Å². The first kappa shape index (κ1) is 13.9. The third-order valence-electron chi connectivity index (χ3n) is 2.41. The largest absolute Gasteiger partial charge is 0.367 e. The molecule has 0 aromatic carbocycles. The summed E-state index contributed by atoms with van der Waals surface area (Å²) in [4.78, 5) is 30.1. The molecule has 8 nitrogen and oxygen atoms in total. The van der Waals surface area contributed by atoms with E-state index in [0.717, 1.165) is 0 Å². The van der Waals surface area contributed by atoms with Gasteiger partial charge in [-0.2, -0.15) is 0 Å². The van der Waals surface area contributed by atoms with Crippen molar-refractivity contribution in [3.05, 3.63) is 6.33 Å². The lowest BCUT2D eigenvalue weighted by molar-refractivity contribution is -0.139. The summed E-state index contributed by atoms with van der Waals surface area (Å²) in [5, 5.41) is 3.82. The first-order valence-corrected chi connectivity index (χ1v) is 5.57. The maximum absolute atomic E-state index is 11.9. The minimum absolute atomic E-state index is 0.0265. The lowest BCUT2D eigenvalue weighted by Gasteiger charge is -2.22. The highest BCUT2D eigenvalue weighted by Gasteiger charge is 2.17. The highest BCUT2D eigenvalue weighted by Crippen LogP contribution is 1.96. The van der Waals surface area contributed by atoms with E-state index >= 15 is 0 Å². The number of aromatic nitrogens is 3. The van der Waals surface area contributed by atoms with Gasteiger partial charge >= 0.3 is 0 Å². The van der Waals surface area contributed by atoms with Crippen LogP contribution in [0, 0.1) is 0 Å². The average Bonchev–Trinajstić information content (AvgIpc) is 2.70. The van der Waals surface area contributed by atoms with Crippen molar-refractivity contribution in [2.75, 3.05) is 32.9 Å². The smallest absolute Gasteiger partial charge is 0.244 e. The van der Waals surface area contributed by atoms with Crippen molar-refractivity contribution in [3.63, 3.8) is 0 Å². The number of nitrogens with zero attached hydrogens (tertiary/aromatic N) is 5. The maximum Gasteiger partial charge on any atom is 0.244 e. The number of anilines is 1. The van der Waals surface area contributed by atoms with Crippen LogP contribution in [0.25, 0.3) is 0 Å². The highest BCUT2D eigenvalue weighted by atomic mass is 16.2. The monoisotopic (exact) mass is 254 g/mol. The summed E-state index contributed by atoms with van der Waals surface area (Å²) in [6, 6.07) is 0. The molecule has 0 unspecified atom stereocenters. The van der Waals surface area contributed by atoms with Gasteiger partial charge in [-0.1, -0.05) is 0 Å². The average molecular weight is 254 g/mol. The van der Waals surface area contributed by atoms with Gasteiger partial charge in [-0.3, -0.25) is 9.59 Å². The number of carbonyl (C=O) groups excluding carboxylic acids is 2. The molecule has 0 fully saturated rings. The van der Waals surface area contributed by atoms with E-state index in [1.807, 2.05) is 6.92 Å². The molecule has 0 spiro atoms. The number of likely N-dealkylation sites (N-methyl/N-ethyl adjacent to an activating group) is 2. The number of nitrogen functional groups attached to an aromatic ring is 1. The predicted octanol–water partition coefficient (Wildman–Crippen LogP) is -1.20. The summed E-state index contributed by atoms with van der Waals surface area (Å²) in [5.41, 5.74) is 5.35. The van der Waals surface area contributed by atoms with Gasteiger partial charge in [0, 0.05) is 20.6 Å². The van der Waals surface area contributed by atoms with Gasteiger partial charge in [0.1, 0.15) is 12.9 Å². The zero-order valence-corrected chi connectivity index (χ0v) is 10.8. The molecule has 8 heteroatoms. The van der Waals surface area contributed by atoms with Crippen LogP contribution in [0.4, 0.5) is 5.95 Å². The standard InChI is InChI=1S/C10H18N6O2/c1-4-15(5-8(17)14(2)3)9(18)6-16-7-12-10(11)13-16/h7H,4-6H2,1-3H3,(H2,11,13). The third-order valence-corrected chi connectivity index (χ3v) is 2.41. The Kier molecular flexibility index (Phi) is 4.64. The van der Waals surface area contributed by atoms with Crippen molar-refractivity contribution in [2.24, 2.45) is 0 Å². The second kappa shape index (κ2) is 5.99. The Balaban J connectivity index is 2.59. The van der Waals surface area contributed by atoms with Crippen LogP contribution in [-0.4, -0.2) is 63.6 Å². The minimum atomic E-state index is -0.197. The Morgan fingerprint density at radius 1 is 1.39 bits per heavy atom. The van der Waals surface area contributed by atoms with E-state index in [0.29, 0.717) is 6.54 Å². The quantitative estimate of drug-likeness (QED) is 0.711. The van der Waals surface area contributed by atoms with E-state index in [-0.39, 0.29) is 30.9 Å². The van der Waals surface area contributed by atoms with Crippen LogP contribution < -0.4 is 5.73 Å². The van der Waals surface area contributed by atoms with Crippen molar-refractivity contribution in [1.82, 2.24) is 24.6 Å². The second-order valence-electron chi connectivity index (χ2n) is 4.00. The van der Waals surface area contributed by atoms with Gasteiger partial charge in [0.05, 0.1) is 6.54 Å². The van der Waals surface area contributed by atoms with Crippen LogP contribution in [0.2, 0.25) is 0 Å². The van der Waals surface area contributed by atoms with Crippen molar-refractivity contribution >= 4 is 17.8 Å². The molecule has 0 aliphatic rings. The number of rotatable bonds is 5. The Bertz CT molecular complexity index is 428.